The van der Waals surface area contributed by atoms with Gasteiger partial charge in [0.2, 0.25) is 0 Å². The number of nitrogens with zero attached hydrogens (tertiary/aromatic N) is 2. The number of hydrogen-bond acceptors (Lipinski definition) is 2. The summed E-state index contributed by atoms with van der Waals surface area (Å²) in [6.07, 6.45) is -1.51. The lowest BCUT2D eigenvalue weighted by atomic mass is 10.0. The minimum Gasteiger partial charge on any atom is -0.264 e. The Kier molecular flexibility index (Phi) is 4.29. The molecule has 0 amide bonds. The molecule has 0 atom stereocenters. The molecular weight excluding hydrogens is 301 g/mol. The van der Waals surface area contributed by atoms with Gasteiger partial charge in [-0.05, 0) is 23.8 Å². The molecule has 0 aliphatic heterocycles. The van der Waals surface area contributed by atoms with E-state index in [2.05, 4.69) is 4.98 Å². The standard InChI is InChI=1S/C15H8ClF3N2/c16-14(13(8-20)11-4-2-6-21-9-11)10-3-1-5-12(7-10)15(17,18)19/h1-7,9H/b14-13+. The first-order valence-electron chi connectivity index (χ1n) is 5.81. The summed E-state index contributed by atoms with van der Waals surface area (Å²) in [7, 11) is 0. The Bertz CT molecular complexity index is 716. The summed E-state index contributed by atoms with van der Waals surface area (Å²) in [5.74, 6) is 0. The Morgan fingerprint density at radius 2 is 1.86 bits per heavy atom. The maximum Gasteiger partial charge on any atom is 0.416 e. The largest absolute Gasteiger partial charge is 0.416 e. The molecule has 0 bridgehead atoms. The van der Waals surface area contributed by atoms with Crippen molar-refractivity contribution >= 4 is 22.2 Å². The third-order valence-electron chi connectivity index (χ3n) is 2.72. The molecule has 0 aliphatic rings. The van der Waals surface area contributed by atoms with Crippen molar-refractivity contribution in [1.82, 2.24) is 4.98 Å². The number of halogens is 4. The van der Waals surface area contributed by atoms with Crippen LogP contribution in [0.1, 0.15) is 16.7 Å². The second kappa shape index (κ2) is 5.98. The number of benzene rings is 1. The molecule has 0 unspecified atom stereocenters. The average Bonchev–Trinajstić information content (AvgIpc) is 2.48. The zero-order valence-electron chi connectivity index (χ0n) is 10.5. The number of aromatic nitrogens is 1. The van der Waals surface area contributed by atoms with Gasteiger partial charge in [-0.15, -0.1) is 0 Å². The van der Waals surface area contributed by atoms with Crippen LogP contribution in [-0.2, 0) is 6.18 Å². The molecule has 106 valence electrons. The molecule has 0 N–H and O–H groups in total. The Labute approximate surface area is 124 Å². The Hall–Kier alpha value is -2.32. The maximum absolute atomic E-state index is 12.7. The molecule has 1 aromatic heterocycles. The summed E-state index contributed by atoms with van der Waals surface area (Å²) < 4.78 is 38.1. The van der Waals surface area contributed by atoms with E-state index in [0.29, 0.717) is 5.56 Å². The first-order valence-corrected chi connectivity index (χ1v) is 6.19. The van der Waals surface area contributed by atoms with Gasteiger partial charge in [-0.3, -0.25) is 4.98 Å². The van der Waals surface area contributed by atoms with Gasteiger partial charge in [-0.1, -0.05) is 29.8 Å². The quantitative estimate of drug-likeness (QED) is 0.752. The number of allylic oxidation sites excluding steroid dienone is 1. The third-order valence-corrected chi connectivity index (χ3v) is 3.13. The summed E-state index contributed by atoms with van der Waals surface area (Å²) in [4.78, 5) is 3.86. The molecule has 1 heterocycles. The number of rotatable bonds is 2. The van der Waals surface area contributed by atoms with Crippen LogP contribution >= 0.6 is 11.6 Å². The number of nitriles is 1. The summed E-state index contributed by atoms with van der Waals surface area (Å²) in [6, 6.07) is 9.66. The highest BCUT2D eigenvalue weighted by molar-refractivity contribution is 6.53. The van der Waals surface area contributed by atoms with Gasteiger partial charge in [0.1, 0.15) is 6.07 Å². The first kappa shape index (κ1) is 15.1. The lowest BCUT2D eigenvalue weighted by Gasteiger charge is -2.09. The lowest BCUT2D eigenvalue weighted by Crippen LogP contribution is -2.04. The van der Waals surface area contributed by atoms with Gasteiger partial charge in [-0.25, -0.2) is 0 Å². The van der Waals surface area contributed by atoms with Crippen LogP contribution in [0.25, 0.3) is 10.6 Å². The van der Waals surface area contributed by atoms with Crippen molar-refractivity contribution < 1.29 is 13.2 Å². The fourth-order valence-corrected chi connectivity index (χ4v) is 2.00. The molecule has 0 saturated carbocycles. The van der Waals surface area contributed by atoms with Gasteiger partial charge in [0.25, 0.3) is 0 Å². The maximum atomic E-state index is 12.7. The van der Waals surface area contributed by atoms with Crippen LogP contribution in [0.4, 0.5) is 13.2 Å². The molecule has 0 fully saturated rings. The van der Waals surface area contributed by atoms with Crippen LogP contribution in [0.5, 0.6) is 0 Å². The van der Waals surface area contributed by atoms with Crippen LogP contribution < -0.4 is 0 Å². The molecule has 1 aromatic carbocycles. The smallest absolute Gasteiger partial charge is 0.264 e. The van der Waals surface area contributed by atoms with Crippen molar-refractivity contribution in [2.75, 3.05) is 0 Å². The molecule has 0 saturated heterocycles. The average molecular weight is 309 g/mol. The van der Waals surface area contributed by atoms with Crippen molar-refractivity contribution in [2.45, 2.75) is 6.18 Å². The predicted octanol–water partition coefficient (Wildman–Crippen LogP) is 4.73. The minimum atomic E-state index is -4.46. The van der Waals surface area contributed by atoms with Crippen molar-refractivity contribution in [1.29, 1.82) is 5.26 Å². The molecule has 0 aliphatic carbocycles. The molecule has 2 nitrogen and oxygen atoms in total. The van der Waals surface area contributed by atoms with Gasteiger partial charge in [-0.2, -0.15) is 18.4 Å². The van der Waals surface area contributed by atoms with Crippen LogP contribution in [0, 0.1) is 11.3 Å². The third kappa shape index (κ3) is 3.41. The minimum absolute atomic E-state index is 0.0448. The van der Waals surface area contributed by atoms with E-state index in [4.69, 9.17) is 11.6 Å². The highest BCUT2D eigenvalue weighted by atomic mass is 35.5. The van der Waals surface area contributed by atoms with Crippen LogP contribution in [0.2, 0.25) is 0 Å². The molecule has 0 radical (unpaired) electrons. The fraction of sp³-hybridized carbons (Fsp3) is 0.0667. The number of alkyl halides is 3. The monoisotopic (exact) mass is 308 g/mol. The van der Waals surface area contributed by atoms with Gasteiger partial charge >= 0.3 is 6.18 Å². The highest BCUT2D eigenvalue weighted by Crippen LogP contribution is 2.34. The van der Waals surface area contributed by atoms with Crippen LogP contribution in [0.3, 0.4) is 0 Å². The van der Waals surface area contributed by atoms with Gasteiger partial charge in [0, 0.05) is 18.0 Å². The summed E-state index contributed by atoms with van der Waals surface area (Å²) >= 11 is 6.09. The van der Waals surface area contributed by atoms with E-state index in [-0.39, 0.29) is 16.2 Å². The molecule has 2 rings (SSSR count). The summed E-state index contributed by atoms with van der Waals surface area (Å²) in [5.41, 5.74) is -0.167. The topological polar surface area (TPSA) is 36.7 Å². The summed E-state index contributed by atoms with van der Waals surface area (Å²) in [6.45, 7) is 0. The van der Waals surface area contributed by atoms with Gasteiger partial charge in [0.15, 0.2) is 0 Å². The SMILES string of the molecule is N#C/C(=C(\Cl)c1cccc(C(F)(F)F)c1)c1cccnc1. The molecule has 2 aromatic rings. The van der Waals surface area contributed by atoms with E-state index in [1.54, 1.807) is 12.1 Å². The van der Waals surface area contributed by atoms with Crippen LogP contribution in [0.15, 0.2) is 48.8 Å². The molecular formula is C15H8ClF3N2. The zero-order chi connectivity index (χ0) is 15.5. The molecule has 21 heavy (non-hydrogen) atoms. The van der Waals surface area contributed by atoms with E-state index >= 15 is 0 Å². The van der Waals surface area contributed by atoms with Crippen molar-refractivity contribution in [3.05, 3.63) is 65.5 Å². The normalized spacial score (nSPS) is 12.5. The van der Waals surface area contributed by atoms with Gasteiger partial charge < -0.3 is 0 Å². The Morgan fingerprint density at radius 3 is 2.43 bits per heavy atom. The van der Waals surface area contributed by atoms with Crippen molar-refractivity contribution in [2.24, 2.45) is 0 Å². The van der Waals surface area contributed by atoms with E-state index in [1.807, 2.05) is 6.07 Å². The first-order chi connectivity index (χ1) is 9.93. The second-order valence-electron chi connectivity index (χ2n) is 4.12. The summed E-state index contributed by atoms with van der Waals surface area (Å²) in [5, 5.41) is 9.15. The van der Waals surface area contributed by atoms with Crippen LogP contribution in [-0.4, -0.2) is 4.98 Å². The van der Waals surface area contributed by atoms with Crippen molar-refractivity contribution in [3.63, 3.8) is 0 Å². The van der Waals surface area contributed by atoms with E-state index in [0.717, 1.165) is 12.1 Å². The lowest BCUT2D eigenvalue weighted by molar-refractivity contribution is -0.137. The number of hydrogen-bond donors (Lipinski definition) is 0. The second-order valence-corrected chi connectivity index (χ2v) is 4.50. The van der Waals surface area contributed by atoms with Gasteiger partial charge in [0.05, 0.1) is 16.2 Å². The number of pyridine rings is 1. The van der Waals surface area contributed by atoms with E-state index in [1.165, 1.54) is 24.5 Å². The highest BCUT2D eigenvalue weighted by Gasteiger charge is 2.30. The van der Waals surface area contributed by atoms with Crippen molar-refractivity contribution in [3.8, 4) is 6.07 Å². The zero-order valence-corrected chi connectivity index (χ0v) is 11.3. The Morgan fingerprint density at radius 1 is 1.14 bits per heavy atom. The molecule has 0 spiro atoms. The van der Waals surface area contributed by atoms with E-state index in [9.17, 15) is 18.4 Å². The Balaban J connectivity index is 2.55. The fourth-order valence-electron chi connectivity index (χ4n) is 1.73. The molecule has 6 heteroatoms. The predicted molar refractivity (Wildman–Crippen MR) is 74.0 cm³/mol. The van der Waals surface area contributed by atoms with E-state index < -0.39 is 11.7 Å².